The average Bonchev–Trinajstić information content (AvgIpc) is 2.63. The molecule has 0 amide bonds. The normalized spacial score (nSPS) is 10.9. The Hall–Kier alpha value is -0.750. The number of hydrogen-bond donors (Lipinski definition) is 2. The van der Waals surface area contributed by atoms with Crippen molar-refractivity contribution < 1.29 is 4.42 Å². The first-order chi connectivity index (χ1) is 7.22. The lowest BCUT2D eigenvalue weighted by Gasteiger charge is -2.03. The molecule has 1 aromatic heterocycles. The molecule has 86 valence electrons. The Morgan fingerprint density at radius 3 is 2.87 bits per heavy atom. The fraction of sp³-hybridized carbons (Fsp3) is 0.778. The summed E-state index contributed by atoms with van der Waals surface area (Å²) < 4.78 is 5.38. The molecule has 0 fully saturated rings. The van der Waals surface area contributed by atoms with Gasteiger partial charge in [0.1, 0.15) is 0 Å². The second kappa shape index (κ2) is 6.68. The first kappa shape index (κ1) is 12.3. The third-order valence-corrected chi connectivity index (χ3v) is 2.32. The van der Waals surface area contributed by atoms with Gasteiger partial charge in [-0.25, -0.2) is 0 Å². The van der Waals surface area contributed by atoms with Gasteiger partial charge in [0.2, 0.25) is 5.89 Å². The van der Waals surface area contributed by atoms with E-state index in [1.165, 1.54) is 0 Å². The lowest BCUT2D eigenvalue weighted by atomic mass is 10.4. The molecular formula is C9H18N4OS. The van der Waals surface area contributed by atoms with Crippen LogP contribution in [0.2, 0.25) is 0 Å². The topological polar surface area (TPSA) is 63.0 Å². The summed E-state index contributed by atoms with van der Waals surface area (Å²) in [4.78, 5) is 0. The van der Waals surface area contributed by atoms with Gasteiger partial charge in [-0.2, -0.15) is 11.8 Å². The zero-order valence-electron chi connectivity index (χ0n) is 9.41. The zero-order valence-corrected chi connectivity index (χ0v) is 10.2. The maximum Gasteiger partial charge on any atom is 0.315 e. The zero-order chi connectivity index (χ0) is 11.1. The highest BCUT2D eigenvalue weighted by Gasteiger charge is 2.04. The van der Waals surface area contributed by atoms with Crippen molar-refractivity contribution in [3.05, 3.63) is 5.89 Å². The van der Waals surface area contributed by atoms with Crippen molar-refractivity contribution >= 4 is 17.8 Å². The Balaban J connectivity index is 2.29. The quantitative estimate of drug-likeness (QED) is 0.689. The Kier molecular flexibility index (Phi) is 5.49. The van der Waals surface area contributed by atoms with E-state index >= 15 is 0 Å². The van der Waals surface area contributed by atoms with Crippen LogP contribution in [0.4, 0.5) is 6.01 Å². The standard InChI is InChI=1S/C9H18N4OS/c1-7(2)11-6-8-12-13-9(14-8)10-4-5-15-3/h7,11H,4-6H2,1-3H3,(H,10,13). The number of nitrogens with one attached hydrogen (secondary N) is 2. The molecule has 0 radical (unpaired) electrons. The highest BCUT2D eigenvalue weighted by Crippen LogP contribution is 2.05. The summed E-state index contributed by atoms with van der Waals surface area (Å²) in [5.41, 5.74) is 0. The molecular weight excluding hydrogens is 212 g/mol. The molecule has 0 bridgehead atoms. The molecule has 0 unspecified atom stereocenters. The van der Waals surface area contributed by atoms with Gasteiger partial charge in [-0.05, 0) is 6.26 Å². The van der Waals surface area contributed by atoms with E-state index in [4.69, 9.17) is 4.42 Å². The van der Waals surface area contributed by atoms with E-state index in [1.807, 2.05) is 0 Å². The van der Waals surface area contributed by atoms with Crippen molar-refractivity contribution in [3.8, 4) is 0 Å². The van der Waals surface area contributed by atoms with E-state index < -0.39 is 0 Å². The monoisotopic (exact) mass is 230 g/mol. The second-order valence-electron chi connectivity index (χ2n) is 3.46. The van der Waals surface area contributed by atoms with Gasteiger partial charge >= 0.3 is 6.01 Å². The maximum atomic E-state index is 5.38. The van der Waals surface area contributed by atoms with Crippen LogP contribution in [-0.2, 0) is 6.54 Å². The first-order valence-corrected chi connectivity index (χ1v) is 6.40. The van der Waals surface area contributed by atoms with Crippen molar-refractivity contribution in [2.24, 2.45) is 0 Å². The summed E-state index contributed by atoms with van der Waals surface area (Å²) in [6.07, 6.45) is 2.06. The van der Waals surface area contributed by atoms with Crippen LogP contribution in [-0.4, -0.2) is 34.8 Å². The lowest BCUT2D eigenvalue weighted by molar-refractivity contribution is 0.459. The molecule has 2 N–H and O–H groups in total. The van der Waals surface area contributed by atoms with E-state index in [0.29, 0.717) is 24.5 Å². The summed E-state index contributed by atoms with van der Waals surface area (Å²) in [5, 5.41) is 14.1. The Morgan fingerprint density at radius 1 is 1.40 bits per heavy atom. The fourth-order valence-corrected chi connectivity index (χ4v) is 1.25. The summed E-state index contributed by atoms with van der Waals surface area (Å²) in [5.74, 6) is 1.65. The number of thioether (sulfide) groups is 1. The van der Waals surface area contributed by atoms with Gasteiger partial charge in [-0.3, -0.25) is 0 Å². The van der Waals surface area contributed by atoms with Gasteiger partial charge in [0.15, 0.2) is 0 Å². The van der Waals surface area contributed by atoms with Crippen LogP contribution in [0.3, 0.4) is 0 Å². The van der Waals surface area contributed by atoms with Crippen LogP contribution in [0.15, 0.2) is 4.42 Å². The maximum absolute atomic E-state index is 5.38. The largest absolute Gasteiger partial charge is 0.407 e. The number of anilines is 1. The SMILES string of the molecule is CSCCNc1nnc(CNC(C)C)o1. The molecule has 6 heteroatoms. The van der Waals surface area contributed by atoms with Crippen LogP contribution in [0.1, 0.15) is 19.7 Å². The summed E-state index contributed by atoms with van der Waals surface area (Å²) in [7, 11) is 0. The van der Waals surface area contributed by atoms with E-state index in [-0.39, 0.29) is 0 Å². The minimum Gasteiger partial charge on any atom is -0.407 e. The number of hydrogen-bond acceptors (Lipinski definition) is 6. The molecule has 0 saturated carbocycles. The van der Waals surface area contributed by atoms with Crippen molar-refractivity contribution in [3.63, 3.8) is 0 Å². The number of nitrogens with zero attached hydrogens (tertiary/aromatic N) is 2. The molecule has 0 atom stereocenters. The molecule has 0 aliphatic heterocycles. The predicted molar refractivity (Wildman–Crippen MR) is 63.1 cm³/mol. The van der Waals surface area contributed by atoms with Gasteiger partial charge in [0.25, 0.3) is 0 Å². The Labute approximate surface area is 94.4 Å². The Bertz CT molecular complexity index is 277. The summed E-state index contributed by atoms with van der Waals surface area (Å²) >= 11 is 1.78. The molecule has 1 aromatic rings. The second-order valence-corrected chi connectivity index (χ2v) is 4.44. The van der Waals surface area contributed by atoms with Crippen molar-refractivity contribution in [2.45, 2.75) is 26.4 Å². The van der Waals surface area contributed by atoms with Crippen LogP contribution in [0, 0.1) is 0 Å². The molecule has 1 rings (SSSR count). The van der Waals surface area contributed by atoms with Crippen molar-refractivity contribution in [2.75, 3.05) is 23.9 Å². The van der Waals surface area contributed by atoms with E-state index in [9.17, 15) is 0 Å². The molecule has 1 heterocycles. The lowest BCUT2D eigenvalue weighted by Crippen LogP contribution is -2.21. The minimum absolute atomic E-state index is 0.421. The number of rotatable bonds is 7. The van der Waals surface area contributed by atoms with Crippen LogP contribution >= 0.6 is 11.8 Å². The van der Waals surface area contributed by atoms with Gasteiger partial charge in [-0.1, -0.05) is 18.9 Å². The van der Waals surface area contributed by atoms with Gasteiger partial charge < -0.3 is 15.1 Å². The third-order valence-electron chi connectivity index (χ3n) is 1.71. The molecule has 0 saturated heterocycles. The first-order valence-electron chi connectivity index (χ1n) is 5.01. The minimum atomic E-state index is 0.421. The van der Waals surface area contributed by atoms with Crippen molar-refractivity contribution in [1.82, 2.24) is 15.5 Å². The average molecular weight is 230 g/mol. The number of aromatic nitrogens is 2. The Morgan fingerprint density at radius 2 is 2.20 bits per heavy atom. The highest BCUT2D eigenvalue weighted by atomic mass is 32.2. The van der Waals surface area contributed by atoms with Gasteiger partial charge in [0.05, 0.1) is 6.54 Å². The van der Waals surface area contributed by atoms with Gasteiger partial charge in [0, 0.05) is 18.3 Å². The van der Waals surface area contributed by atoms with E-state index in [0.717, 1.165) is 12.3 Å². The molecule has 15 heavy (non-hydrogen) atoms. The third kappa shape index (κ3) is 5.03. The van der Waals surface area contributed by atoms with E-state index in [2.05, 4.69) is 40.9 Å². The fourth-order valence-electron chi connectivity index (χ4n) is 0.948. The molecule has 0 aromatic carbocycles. The van der Waals surface area contributed by atoms with Crippen LogP contribution < -0.4 is 10.6 Å². The van der Waals surface area contributed by atoms with E-state index in [1.54, 1.807) is 11.8 Å². The van der Waals surface area contributed by atoms with Crippen molar-refractivity contribution in [1.29, 1.82) is 0 Å². The molecule has 0 aliphatic carbocycles. The summed E-state index contributed by atoms with van der Waals surface area (Å²) in [6, 6.07) is 0.925. The smallest absolute Gasteiger partial charge is 0.315 e. The molecule has 5 nitrogen and oxygen atoms in total. The van der Waals surface area contributed by atoms with Gasteiger partial charge in [-0.15, -0.1) is 5.10 Å². The molecule has 0 aliphatic rings. The summed E-state index contributed by atoms with van der Waals surface area (Å²) in [6.45, 7) is 5.62. The predicted octanol–water partition coefficient (Wildman–Crippen LogP) is 1.34. The molecule has 0 spiro atoms. The highest BCUT2D eigenvalue weighted by molar-refractivity contribution is 7.98. The van der Waals surface area contributed by atoms with Crippen LogP contribution in [0.5, 0.6) is 0 Å². The van der Waals surface area contributed by atoms with Crippen LogP contribution in [0.25, 0.3) is 0 Å².